The molecule has 0 saturated carbocycles. The zero-order valence-electron chi connectivity index (χ0n) is 4.56. The third-order valence-electron chi connectivity index (χ3n) is 1.03. The predicted molar refractivity (Wildman–Crippen MR) is 35.8 cm³/mol. The number of rotatable bonds is 0. The van der Waals surface area contributed by atoms with Crippen LogP contribution in [0.5, 0.6) is 0 Å². The van der Waals surface area contributed by atoms with Gasteiger partial charge in [0.25, 0.3) is 0 Å². The Morgan fingerprint density at radius 2 is 2.67 bits per heavy atom. The van der Waals surface area contributed by atoms with E-state index in [1.165, 1.54) is 6.33 Å². The first-order chi connectivity index (χ1) is 4.47. The Labute approximate surface area is 56.0 Å². The summed E-state index contributed by atoms with van der Waals surface area (Å²) >= 11 is 1.61. The van der Waals surface area contributed by atoms with Crippen LogP contribution in [0.3, 0.4) is 0 Å². The Balaban J connectivity index is 2.53. The normalized spacial score (nSPS) is 15.6. The third kappa shape index (κ3) is 0.730. The number of fused-ring (bicyclic) bond motifs is 1. The number of thioether (sulfide) groups is 1. The molecular formula is C4H4N4S. The van der Waals surface area contributed by atoms with Crippen molar-refractivity contribution in [3.05, 3.63) is 6.33 Å². The Morgan fingerprint density at radius 3 is 3.56 bits per heavy atom. The van der Waals surface area contributed by atoms with Crippen LogP contribution in [-0.4, -0.2) is 20.3 Å². The van der Waals surface area contributed by atoms with Gasteiger partial charge in [0.05, 0.1) is 11.4 Å². The van der Waals surface area contributed by atoms with E-state index in [0.29, 0.717) is 5.95 Å². The highest BCUT2D eigenvalue weighted by atomic mass is 32.2. The first kappa shape index (κ1) is 4.99. The quantitative estimate of drug-likeness (QED) is 0.531. The molecule has 0 N–H and O–H groups in total. The van der Waals surface area contributed by atoms with Gasteiger partial charge in [-0.1, -0.05) is 11.8 Å². The van der Waals surface area contributed by atoms with E-state index in [1.807, 2.05) is 0 Å². The maximum absolute atomic E-state index is 3.98. The molecule has 0 bridgehead atoms. The van der Waals surface area contributed by atoms with Gasteiger partial charge in [-0.2, -0.15) is 10.1 Å². The van der Waals surface area contributed by atoms with Gasteiger partial charge < -0.3 is 0 Å². The first-order valence-electron chi connectivity index (χ1n) is 2.49. The molecule has 1 aromatic rings. The fraction of sp³-hybridized carbons (Fsp3) is 0.250. The van der Waals surface area contributed by atoms with E-state index in [2.05, 4.69) is 15.1 Å². The number of nitrogens with zero attached hydrogens (tertiary/aromatic N) is 4. The molecule has 2 heterocycles. The van der Waals surface area contributed by atoms with Gasteiger partial charge in [0.1, 0.15) is 6.33 Å². The van der Waals surface area contributed by atoms with Gasteiger partial charge in [-0.3, -0.25) is 0 Å². The van der Waals surface area contributed by atoms with Gasteiger partial charge >= 0.3 is 0 Å². The second-order valence-electron chi connectivity index (χ2n) is 1.59. The minimum atomic E-state index is 0.703. The van der Waals surface area contributed by atoms with Crippen LogP contribution < -0.4 is 0 Å². The second kappa shape index (κ2) is 1.84. The van der Waals surface area contributed by atoms with Crippen molar-refractivity contribution in [2.75, 3.05) is 0 Å². The summed E-state index contributed by atoms with van der Waals surface area (Å²) < 4.78 is 1.75. The summed E-state index contributed by atoms with van der Waals surface area (Å²) in [5.41, 5.74) is 1.78. The molecule has 0 aliphatic carbocycles. The molecule has 1 aromatic heterocycles. The van der Waals surface area contributed by atoms with E-state index in [1.54, 1.807) is 22.0 Å². The Bertz CT molecular complexity index is 240. The number of hydrogen-bond acceptors (Lipinski definition) is 4. The van der Waals surface area contributed by atoms with Crippen LogP contribution in [0.15, 0.2) is 11.3 Å². The maximum atomic E-state index is 3.98. The third-order valence-corrected chi connectivity index (χ3v) is 1.68. The summed E-state index contributed by atoms with van der Waals surface area (Å²) in [6, 6.07) is 0. The zero-order valence-corrected chi connectivity index (χ0v) is 5.38. The van der Waals surface area contributed by atoms with Gasteiger partial charge in [0.2, 0.25) is 5.95 Å². The standard InChI is InChI=1S/C4H4N4S/c1-5-4-6-2-9-3-8(4)7-1/h1-2H,3H2. The molecule has 5 heteroatoms. The molecule has 9 heavy (non-hydrogen) atoms. The molecule has 0 unspecified atom stereocenters. The lowest BCUT2D eigenvalue weighted by atomic mass is 11.0. The van der Waals surface area contributed by atoms with Crippen LogP contribution >= 0.6 is 11.8 Å². The predicted octanol–water partition coefficient (Wildman–Crippen LogP) is 0.642. The van der Waals surface area contributed by atoms with E-state index < -0.39 is 0 Å². The lowest BCUT2D eigenvalue weighted by Crippen LogP contribution is -1.99. The van der Waals surface area contributed by atoms with E-state index in [4.69, 9.17) is 0 Å². The highest BCUT2D eigenvalue weighted by Gasteiger charge is 2.03. The van der Waals surface area contributed by atoms with Gasteiger partial charge in [-0.05, 0) is 0 Å². The summed E-state index contributed by atoms with van der Waals surface area (Å²) in [6.07, 6.45) is 1.51. The number of aliphatic imine (C=N–C) groups is 1. The summed E-state index contributed by atoms with van der Waals surface area (Å²) in [5.74, 6) is 1.53. The maximum Gasteiger partial charge on any atom is 0.249 e. The Morgan fingerprint density at radius 1 is 1.67 bits per heavy atom. The lowest BCUT2D eigenvalue weighted by Gasteiger charge is -2.02. The second-order valence-corrected chi connectivity index (χ2v) is 2.39. The fourth-order valence-electron chi connectivity index (χ4n) is 0.637. The SMILES string of the molecule is C1=Nc2ncnn2CS1. The summed E-state index contributed by atoms with van der Waals surface area (Å²) in [6.45, 7) is 0. The largest absolute Gasteiger partial charge is 0.249 e. The van der Waals surface area contributed by atoms with Crippen LogP contribution in [-0.2, 0) is 5.88 Å². The van der Waals surface area contributed by atoms with Crippen LogP contribution in [0, 0.1) is 0 Å². The molecule has 2 rings (SSSR count). The average Bonchev–Trinajstić information content (AvgIpc) is 2.33. The molecule has 1 aliphatic heterocycles. The number of aromatic nitrogens is 3. The highest BCUT2D eigenvalue weighted by molar-refractivity contribution is 8.11. The minimum absolute atomic E-state index is 0.703. The van der Waals surface area contributed by atoms with Crippen LogP contribution in [0.4, 0.5) is 5.95 Å². The molecule has 1 aliphatic rings. The topological polar surface area (TPSA) is 43.1 Å². The molecule has 0 saturated heterocycles. The van der Waals surface area contributed by atoms with E-state index in [0.717, 1.165) is 5.88 Å². The van der Waals surface area contributed by atoms with Crippen molar-refractivity contribution in [3.63, 3.8) is 0 Å². The van der Waals surface area contributed by atoms with Crippen molar-refractivity contribution < 1.29 is 0 Å². The zero-order chi connectivity index (χ0) is 6.10. The van der Waals surface area contributed by atoms with Crippen molar-refractivity contribution >= 4 is 23.3 Å². The molecule has 46 valence electrons. The fourth-order valence-corrected chi connectivity index (χ4v) is 1.20. The van der Waals surface area contributed by atoms with Crippen molar-refractivity contribution in [1.82, 2.24) is 14.8 Å². The van der Waals surface area contributed by atoms with Crippen molar-refractivity contribution in [2.24, 2.45) is 4.99 Å². The van der Waals surface area contributed by atoms with Gasteiger partial charge in [0, 0.05) is 0 Å². The van der Waals surface area contributed by atoms with Crippen LogP contribution in [0.1, 0.15) is 0 Å². The first-order valence-corrected chi connectivity index (χ1v) is 3.53. The van der Waals surface area contributed by atoms with E-state index >= 15 is 0 Å². The highest BCUT2D eigenvalue weighted by Crippen LogP contribution is 2.15. The Kier molecular flexibility index (Phi) is 1.02. The molecule has 0 amide bonds. The van der Waals surface area contributed by atoms with Gasteiger partial charge in [-0.25, -0.2) is 9.67 Å². The average molecular weight is 140 g/mol. The van der Waals surface area contributed by atoms with E-state index in [-0.39, 0.29) is 0 Å². The summed E-state index contributed by atoms with van der Waals surface area (Å²) in [7, 11) is 0. The Hall–Kier alpha value is -0.840. The molecule has 0 aromatic carbocycles. The smallest absolute Gasteiger partial charge is 0.220 e. The molecule has 0 radical (unpaired) electrons. The van der Waals surface area contributed by atoms with Crippen LogP contribution in [0.25, 0.3) is 0 Å². The summed E-state index contributed by atoms with van der Waals surface area (Å²) in [4.78, 5) is 7.88. The molecular weight excluding hydrogens is 136 g/mol. The lowest BCUT2D eigenvalue weighted by molar-refractivity contribution is 0.752. The van der Waals surface area contributed by atoms with Crippen molar-refractivity contribution in [1.29, 1.82) is 0 Å². The minimum Gasteiger partial charge on any atom is -0.220 e. The van der Waals surface area contributed by atoms with Crippen molar-refractivity contribution in [3.8, 4) is 0 Å². The van der Waals surface area contributed by atoms with Gasteiger partial charge in [0.15, 0.2) is 0 Å². The molecule has 0 atom stereocenters. The van der Waals surface area contributed by atoms with Gasteiger partial charge in [-0.15, -0.1) is 0 Å². The van der Waals surface area contributed by atoms with Crippen LogP contribution in [0.2, 0.25) is 0 Å². The monoisotopic (exact) mass is 140 g/mol. The molecule has 0 spiro atoms. The molecule has 0 fully saturated rings. The molecule has 4 nitrogen and oxygen atoms in total. The summed E-state index contributed by atoms with van der Waals surface area (Å²) in [5, 5.41) is 3.93. The number of hydrogen-bond donors (Lipinski definition) is 0. The van der Waals surface area contributed by atoms with E-state index in [9.17, 15) is 0 Å². The van der Waals surface area contributed by atoms with Crippen molar-refractivity contribution in [2.45, 2.75) is 5.88 Å².